The fourth-order valence-electron chi connectivity index (χ4n) is 1.81. The Morgan fingerprint density at radius 3 is 2.74 bits per heavy atom. The molecule has 0 aromatic heterocycles. The summed E-state index contributed by atoms with van der Waals surface area (Å²) in [5.74, 6) is 0.768. The minimum absolute atomic E-state index is 0.618. The standard InChI is InChI=1S/C15H17ClN2O/c1-2-19-14-8-12(17)7-13(9-14)18-10-11-5-3-4-6-15(11)16/h3-9,18H,2,10,17H2,1H3. The number of nitrogens with two attached hydrogens (primary N) is 1. The molecule has 0 saturated carbocycles. The van der Waals surface area contributed by atoms with Crippen molar-refractivity contribution in [3.8, 4) is 5.75 Å². The average molecular weight is 277 g/mol. The second kappa shape index (κ2) is 6.34. The molecule has 2 aromatic carbocycles. The number of rotatable bonds is 5. The Labute approximate surface area is 118 Å². The predicted octanol–water partition coefficient (Wildman–Crippen LogP) is 3.93. The lowest BCUT2D eigenvalue weighted by Gasteiger charge is -2.11. The number of hydrogen-bond donors (Lipinski definition) is 2. The first kappa shape index (κ1) is 13.6. The first-order valence-electron chi connectivity index (χ1n) is 6.19. The van der Waals surface area contributed by atoms with Crippen LogP contribution in [0.1, 0.15) is 12.5 Å². The number of halogens is 1. The zero-order chi connectivity index (χ0) is 13.7. The van der Waals surface area contributed by atoms with Crippen LogP contribution in [0.4, 0.5) is 11.4 Å². The fraction of sp³-hybridized carbons (Fsp3) is 0.200. The van der Waals surface area contributed by atoms with Gasteiger partial charge in [-0.05, 0) is 24.6 Å². The molecule has 19 heavy (non-hydrogen) atoms. The van der Waals surface area contributed by atoms with Gasteiger partial charge >= 0.3 is 0 Å². The lowest BCUT2D eigenvalue weighted by Crippen LogP contribution is -2.02. The molecule has 0 aliphatic rings. The predicted molar refractivity (Wildman–Crippen MR) is 80.8 cm³/mol. The summed E-state index contributed by atoms with van der Waals surface area (Å²) in [6.07, 6.45) is 0. The highest BCUT2D eigenvalue weighted by molar-refractivity contribution is 6.31. The van der Waals surface area contributed by atoms with Crippen molar-refractivity contribution in [2.45, 2.75) is 13.5 Å². The lowest BCUT2D eigenvalue weighted by atomic mass is 10.2. The average Bonchev–Trinajstić information content (AvgIpc) is 2.37. The molecule has 0 radical (unpaired) electrons. The summed E-state index contributed by atoms with van der Waals surface area (Å²) in [4.78, 5) is 0. The van der Waals surface area contributed by atoms with E-state index in [0.717, 1.165) is 22.0 Å². The van der Waals surface area contributed by atoms with Gasteiger partial charge in [0.15, 0.2) is 0 Å². The van der Waals surface area contributed by atoms with Crippen molar-refractivity contribution in [3.63, 3.8) is 0 Å². The molecule has 2 rings (SSSR count). The van der Waals surface area contributed by atoms with Gasteiger partial charge in [0.2, 0.25) is 0 Å². The molecule has 2 aromatic rings. The molecule has 0 aliphatic carbocycles. The van der Waals surface area contributed by atoms with Crippen LogP contribution >= 0.6 is 11.6 Å². The zero-order valence-electron chi connectivity index (χ0n) is 10.8. The maximum atomic E-state index is 6.11. The van der Waals surface area contributed by atoms with Crippen LogP contribution in [0, 0.1) is 0 Å². The van der Waals surface area contributed by atoms with Gasteiger partial charge in [-0.25, -0.2) is 0 Å². The highest BCUT2D eigenvalue weighted by atomic mass is 35.5. The fourth-order valence-corrected chi connectivity index (χ4v) is 2.02. The van der Waals surface area contributed by atoms with Crippen molar-refractivity contribution in [2.24, 2.45) is 0 Å². The minimum atomic E-state index is 0.618. The van der Waals surface area contributed by atoms with Gasteiger partial charge in [-0.3, -0.25) is 0 Å². The van der Waals surface area contributed by atoms with Gasteiger partial charge in [-0.15, -0.1) is 0 Å². The third kappa shape index (κ3) is 3.80. The van der Waals surface area contributed by atoms with E-state index < -0.39 is 0 Å². The minimum Gasteiger partial charge on any atom is -0.494 e. The Kier molecular flexibility index (Phi) is 4.53. The third-order valence-electron chi connectivity index (χ3n) is 2.68. The van der Waals surface area contributed by atoms with Crippen molar-refractivity contribution >= 4 is 23.0 Å². The molecule has 0 unspecified atom stereocenters. The monoisotopic (exact) mass is 276 g/mol. The van der Waals surface area contributed by atoms with Gasteiger partial charge in [-0.2, -0.15) is 0 Å². The van der Waals surface area contributed by atoms with E-state index in [2.05, 4.69) is 5.32 Å². The SMILES string of the molecule is CCOc1cc(N)cc(NCc2ccccc2Cl)c1. The molecule has 0 aliphatic heterocycles. The number of benzene rings is 2. The van der Waals surface area contributed by atoms with Gasteiger partial charge in [0.25, 0.3) is 0 Å². The number of nitrogen functional groups attached to an aromatic ring is 1. The summed E-state index contributed by atoms with van der Waals surface area (Å²) in [5.41, 5.74) is 8.48. The Morgan fingerprint density at radius 2 is 2.00 bits per heavy atom. The summed E-state index contributed by atoms with van der Waals surface area (Å²) in [7, 11) is 0. The van der Waals surface area contributed by atoms with E-state index in [1.165, 1.54) is 0 Å². The molecule has 0 heterocycles. The van der Waals surface area contributed by atoms with Crippen molar-refractivity contribution < 1.29 is 4.74 Å². The number of anilines is 2. The van der Waals surface area contributed by atoms with Gasteiger partial charge in [0, 0.05) is 35.1 Å². The van der Waals surface area contributed by atoms with E-state index in [1.54, 1.807) is 0 Å². The van der Waals surface area contributed by atoms with Crippen LogP contribution in [0.3, 0.4) is 0 Å². The summed E-state index contributed by atoms with van der Waals surface area (Å²) in [6, 6.07) is 13.4. The normalized spacial score (nSPS) is 10.2. The molecule has 100 valence electrons. The number of ether oxygens (including phenoxy) is 1. The topological polar surface area (TPSA) is 47.3 Å². The molecule has 4 heteroatoms. The molecule has 3 N–H and O–H groups in total. The molecule has 0 saturated heterocycles. The summed E-state index contributed by atoms with van der Waals surface area (Å²) < 4.78 is 5.46. The van der Waals surface area contributed by atoms with Crippen LogP contribution in [0.5, 0.6) is 5.75 Å². The first-order chi connectivity index (χ1) is 9.19. The Morgan fingerprint density at radius 1 is 1.21 bits per heavy atom. The Balaban J connectivity index is 2.09. The van der Waals surface area contributed by atoms with E-state index in [1.807, 2.05) is 49.4 Å². The molecule has 3 nitrogen and oxygen atoms in total. The largest absolute Gasteiger partial charge is 0.494 e. The molecule has 0 fully saturated rings. The Hall–Kier alpha value is -1.87. The first-order valence-corrected chi connectivity index (χ1v) is 6.57. The van der Waals surface area contributed by atoms with Crippen LogP contribution in [0.15, 0.2) is 42.5 Å². The van der Waals surface area contributed by atoms with E-state index in [0.29, 0.717) is 18.8 Å². The second-order valence-electron chi connectivity index (χ2n) is 4.17. The molecular weight excluding hydrogens is 260 g/mol. The smallest absolute Gasteiger partial charge is 0.123 e. The van der Waals surface area contributed by atoms with Crippen molar-refractivity contribution in [1.29, 1.82) is 0 Å². The second-order valence-corrected chi connectivity index (χ2v) is 4.58. The van der Waals surface area contributed by atoms with Crippen LogP contribution < -0.4 is 15.8 Å². The van der Waals surface area contributed by atoms with Crippen molar-refractivity contribution in [1.82, 2.24) is 0 Å². The zero-order valence-corrected chi connectivity index (χ0v) is 11.6. The van der Waals surface area contributed by atoms with Gasteiger partial charge in [0.1, 0.15) is 5.75 Å². The summed E-state index contributed by atoms with van der Waals surface area (Å²) in [5, 5.41) is 4.05. The molecule has 0 atom stereocenters. The summed E-state index contributed by atoms with van der Waals surface area (Å²) >= 11 is 6.11. The third-order valence-corrected chi connectivity index (χ3v) is 3.05. The van der Waals surface area contributed by atoms with Crippen molar-refractivity contribution in [2.75, 3.05) is 17.7 Å². The Bertz CT molecular complexity index is 558. The van der Waals surface area contributed by atoms with Gasteiger partial charge in [-0.1, -0.05) is 29.8 Å². The molecular formula is C15H17ClN2O. The molecule has 0 spiro atoms. The lowest BCUT2D eigenvalue weighted by molar-refractivity contribution is 0.340. The van der Waals surface area contributed by atoms with Crippen LogP contribution in [0.25, 0.3) is 0 Å². The van der Waals surface area contributed by atoms with Crippen LogP contribution in [0.2, 0.25) is 5.02 Å². The highest BCUT2D eigenvalue weighted by Gasteiger charge is 2.02. The summed E-state index contributed by atoms with van der Waals surface area (Å²) in [6.45, 7) is 3.21. The van der Waals surface area contributed by atoms with Gasteiger partial charge < -0.3 is 15.8 Å². The maximum absolute atomic E-state index is 6.11. The maximum Gasteiger partial charge on any atom is 0.123 e. The van der Waals surface area contributed by atoms with Crippen LogP contribution in [-0.2, 0) is 6.54 Å². The van der Waals surface area contributed by atoms with E-state index in [-0.39, 0.29) is 0 Å². The van der Waals surface area contributed by atoms with Gasteiger partial charge in [0.05, 0.1) is 6.61 Å². The highest BCUT2D eigenvalue weighted by Crippen LogP contribution is 2.24. The van der Waals surface area contributed by atoms with Crippen LogP contribution in [-0.4, -0.2) is 6.61 Å². The number of hydrogen-bond acceptors (Lipinski definition) is 3. The molecule has 0 bridgehead atoms. The van der Waals surface area contributed by atoms with E-state index in [4.69, 9.17) is 22.1 Å². The van der Waals surface area contributed by atoms with Crippen molar-refractivity contribution in [3.05, 3.63) is 53.1 Å². The molecule has 0 amide bonds. The quantitative estimate of drug-likeness (QED) is 0.814. The van der Waals surface area contributed by atoms with E-state index in [9.17, 15) is 0 Å². The van der Waals surface area contributed by atoms with E-state index >= 15 is 0 Å². The number of nitrogens with one attached hydrogen (secondary N) is 1.